The summed E-state index contributed by atoms with van der Waals surface area (Å²) in [6.45, 7) is 3.66. The van der Waals surface area contributed by atoms with E-state index in [1.807, 2.05) is 0 Å². The SMILES string of the molecule is CC(=O)N(c1nccc(C)n1)S(=O)(=O)c1ccc2c(c1)CCN2. The molecule has 1 aromatic carbocycles. The van der Waals surface area contributed by atoms with E-state index in [9.17, 15) is 13.2 Å². The second-order valence-electron chi connectivity index (χ2n) is 5.28. The van der Waals surface area contributed by atoms with Crippen molar-refractivity contribution in [2.24, 2.45) is 0 Å². The summed E-state index contributed by atoms with van der Waals surface area (Å²) in [6.07, 6.45) is 2.18. The molecular weight excluding hydrogens is 316 g/mol. The predicted octanol–water partition coefficient (Wildman–Crippen LogP) is 1.49. The van der Waals surface area contributed by atoms with Gasteiger partial charge in [-0.1, -0.05) is 0 Å². The van der Waals surface area contributed by atoms with Crippen molar-refractivity contribution in [1.82, 2.24) is 9.97 Å². The highest BCUT2D eigenvalue weighted by molar-refractivity contribution is 7.93. The third-order valence-electron chi connectivity index (χ3n) is 3.57. The number of anilines is 2. The highest BCUT2D eigenvalue weighted by Gasteiger charge is 2.31. The number of rotatable bonds is 3. The molecule has 0 unspecified atom stereocenters. The van der Waals surface area contributed by atoms with Gasteiger partial charge in [0.15, 0.2) is 0 Å². The molecule has 0 bridgehead atoms. The van der Waals surface area contributed by atoms with Gasteiger partial charge < -0.3 is 5.32 Å². The van der Waals surface area contributed by atoms with Gasteiger partial charge in [0.1, 0.15) is 0 Å². The molecule has 0 fully saturated rings. The quantitative estimate of drug-likeness (QED) is 0.915. The molecule has 3 rings (SSSR count). The number of hydrogen-bond acceptors (Lipinski definition) is 6. The van der Waals surface area contributed by atoms with Crippen LogP contribution in [0.2, 0.25) is 0 Å². The number of carbonyl (C=O) groups excluding carboxylic acids is 1. The van der Waals surface area contributed by atoms with Gasteiger partial charge in [-0.25, -0.2) is 18.4 Å². The molecular formula is C15H16N4O3S. The smallest absolute Gasteiger partial charge is 0.273 e. The maximum atomic E-state index is 12.9. The molecule has 2 aromatic rings. The Kier molecular flexibility index (Phi) is 3.77. The summed E-state index contributed by atoms with van der Waals surface area (Å²) >= 11 is 0. The Morgan fingerprint density at radius 3 is 2.78 bits per heavy atom. The summed E-state index contributed by atoms with van der Waals surface area (Å²) in [4.78, 5) is 20.0. The molecule has 23 heavy (non-hydrogen) atoms. The van der Waals surface area contributed by atoms with Gasteiger partial charge in [-0.3, -0.25) is 4.79 Å². The van der Waals surface area contributed by atoms with E-state index in [4.69, 9.17) is 0 Å². The minimum atomic E-state index is -4.06. The minimum Gasteiger partial charge on any atom is -0.384 e. The number of carbonyl (C=O) groups is 1. The topological polar surface area (TPSA) is 92.3 Å². The molecule has 1 aliphatic rings. The molecule has 2 heterocycles. The van der Waals surface area contributed by atoms with Crippen LogP contribution in [-0.2, 0) is 21.2 Å². The maximum absolute atomic E-state index is 12.9. The first-order valence-corrected chi connectivity index (χ1v) is 8.56. The van der Waals surface area contributed by atoms with Crippen molar-refractivity contribution >= 4 is 27.6 Å². The van der Waals surface area contributed by atoms with Crippen molar-refractivity contribution in [1.29, 1.82) is 0 Å². The van der Waals surface area contributed by atoms with E-state index in [1.54, 1.807) is 25.1 Å². The van der Waals surface area contributed by atoms with Crippen molar-refractivity contribution in [3.05, 3.63) is 41.7 Å². The fourth-order valence-corrected chi connectivity index (χ4v) is 3.88. The van der Waals surface area contributed by atoms with Crippen LogP contribution in [0.15, 0.2) is 35.4 Å². The lowest BCUT2D eigenvalue weighted by Gasteiger charge is -2.19. The van der Waals surface area contributed by atoms with Crippen molar-refractivity contribution in [3.63, 3.8) is 0 Å². The van der Waals surface area contributed by atoms with Crippen molar-refractivity contribution in [2.45, 2.75) is 25.2 Å². The standard InChI is InChI=1S/C15H16N4O3S/c1-10-5-7-17-15(18-10)19(11(2)20)23(21,22)13-3-4-14-12(9-13)6-8-16-14/h3-5,7,9,16H,6,8H2,1-2H3. The normalized spacial score (nSPS) is 13.3. The van der Waals surface area contributed by atoms with E-state index in [-0.39, 0.29) is 10.8 Å². The zero-order valence-electron chi connectivity index (χ0n) is 12.8. The number of amides is 1. The van der Waals surface area contributed by atoms with Gasteiger partial charge in [0, 0.05) is 31.0 Å². The van der Waals surface area contributed by atoms with Gasteiger partial charge in [0.25, 0.3) is 10.0 Å². The van der Waals surface area contributed by atoms with Crippen LogP contribution in [-0.4, -0.2) is 30.8 Å². The minimum absolute atomic E-state index is 0.0558. The van der Waals surface area contributed by atoms with Crippen LogP contribution in [0.5, 0.6) is 0 Å². The zero-order valence-corrected chi connectivity index (χ0v) is 13.6. The molecule has 0 spiro atoms. The van der Waals surface area contributed by atoms with Crippen LogP contribution in [0, 0.1) is 6.92 Å². The van der Waals surface area contributed by atoms with Gasteiger partial charge in [-0.2, -0.15) is 4.31 Å². The number of sulfonamides is 1. The Morgan fingerprint density at radius 2 is 2.09 bits per heavy atom. The number of benzene rings is 1. The van der Waals surface area contributed by atoms with Gasteiger partial charge in [-0.15, -0.1) is 0 Å². The third kappa shape index (κ3) is 2.77. The van der Waals surface area contributed by atoms with Crippen LogP contribution in [0.4, 0.5) is 11.6 Å². The number of nitrogens with zero attached hydrogens (tertiary/aromatic N) is 3. The van der Waals surface area contributed by atoms with E-state index in [2.05, 4.69) is 15.3 Å². The Morgan fingerprint density at radius 1 is 1.30 bits per heavy atom. The van der Waals surface area contributed by atoms with E-state index in [1.165, 1.54) is 19.2 Å². The lowest BCUT2D eigenvalue weighted by Crippen LogP contribution is -2.36. The molecule has 0 radical (unpaired) electrons. The molecule has 1 aliphatic heterocycles. The highest BCUT2D eigenvalue weighted by atomic mass is 32.2. The van der Waals surface area contributed by atoms with Crippen LogP contribution in [0.3, 0.4) is 0 Å². The summed E-state index contributed by atoms with van der Waals surface area (Å²) in [7, 11) is -4.06. The molecule has 1 aromatic heterocycles. The van der Waals surface area contributed by atoms with Crippen molar-refractivity contribution in [3.8, 4) is 0 Å². The van der Waals surface area contributed by atoms with Gasteiger partial charge in [0.2, 0.25) is 11.9 Å². The van der Waals surface area contributed by atoms with Crippen molar-refractivity contribution in [2.75, 3.05) is 16.2 Å². The Balaban J connectivity index is 2.10. The molecule has 7 nitrogen and oxygen atoms in total. The van der Waals surface area contributed by atoms with Crippen LogP contribution < -0.4 is 9.62 Å². The van der Waals surface area contributed by atoms with Crippen LogP contribution in [0.1, 0.15) is 18.2 Å². The molecule has 1 N–H and O–H groups in total. The largest absolute Gasteiger partial charge is 0.384 e. The molecule has 1 amide bonds. The van der Waals surface area contributed by atoms with Gasteiger partial charge in [0.05, 0.1) is 4.90 Å². The third-order valence-corrected chi connectivity index (χ3v) is 5.33. The molecule has 0 saturated heterocycles. The average molecular weight is 332 g/mol. The first kappa shape index (κ1) is 15.4. The van der Waals surface area contributed by atoms with E-state index in [0.29, 0.717) is 10.00 Å². The van der Waals surface area contributed by atoms with Gasteiger partial charge >= 0.3 is 0 Å². The second-order valence-corrected chi connectivity index (χ2v) is 7.07. The Labute approximate surface area is 134 Å². The fraction of sp³-hybridized carbons (Fsp3) is 0.267. The summed E-state index contributed by atoms with van der Waals surface area (Å²) in [6, 6.07) is 6.43. The number of aryl methyl sites for hydroxylation is 1. The first-order valence-electron chi connectivity index (χ1n) is 7.12. The Hall–Kier alpha value is -2.48. The summed E-state index contributed by atoms with van der Waals surface area (Å²) in [5.41, 5.74) is 2.42. The van der Waals surface area contributed by atoms with Crippen molar-refractivity contribution < 1.29 is 13.2 Å². The molecule has 0 atom stereocenters. The second kappa shape index (κ2) is 5.62. The fourth-order valence-electron chi connectivity index (χ4n) is 2.50. The van der Waals surface area contributed by atoms with Gasteiger partial charge in [-0.05, 0) is 43.2 Å². The number of fused-ring (bicyclic) bond motifs is 1. The van der Waals surface area contributed by atoms with E-state index >= 15 is 0 Å². The average Bonchev–Trinajstić information content (AvgIpc) is 2.94. The number of nitrogens with one attached hydrogen (secondary N) is 1. The Bertz CT molecular complexity index is 880. The zero-order chi connectivity index (χ0) is 16.6. The van der Waals surface area contributed by atoms with Crippen LogP contribution >= 0.6 is 0 Å². The molecule has 0 aliphatic carbocycles. The monoisotopic (exact) mass is 332 g/mol. The summed E-state index contributed by atoms with van der Waals surface area (Å²) in [5.74, 6) is -0.801. The molecule has 8 heteroatoms. The summed E-state index contributed by atoms with van der Waals surface area (Å²) in [5, 5.41) is 3.17. The maximum Gasteiger partial charge on any atom is 0.273 e. The lowest BCUT2D eigenvalue weighted by atomic mass is 10.2. The number of hydrogen-bond donors (Lipinski definition) is 1. The molecule has 0 saturated carbocycles. The molecule has 120 valence electrons. The van der Waals surface area contributed by atoms with E-state index < -0.39 is 15.9 Å². The highest BCUT2D eigenvalue weighted by Crippen LogP contribution is 2.28. The summed E-state index contributed by atoms with van der Waals surface area (Å²) < 4.78 is 26.4. The predicted molar refractivity (Wildman–Crippen MR) is 85.8 cm³/mol. The lowest BCUT2D eigenvalue weighted by molar-refractivity contribution is -0.115. The van der Waals surface area contributed by atoms with E-state index in [0.717, 1.165) is 24.2 Å². The van der Waals surface area contributed by atoms with Crippen LogP contribution in [0.25, 0.3) is 0 Å². The first-order chi connectivity index (χ1) is 10.9. The number of aromatic nitrogens is 2.